The average Bonchev–Trinajstić information content (AvgIpc) is 3.91. The number of hydrogen-bond acceptors (Lipinski definition) is 7. The quantitative estimate of drug-likeness (QED) is 0.0594. The molecule has 0 saturated heterocycles. The maximum Gasteiger partial charge on any atom is 0.323 e. The molecule has 2 aromatic heterocycles. The molecule has 58 heavy (non-hydrogen) atoms. The molecule has 0 radical (unpaired) electrons. The van der Waals surface area contributed by atoms with Crippen LogP contribution in [0.15, 0.2) is 115 Å². The van der Waals surface area contributed by atoms with Gasteiger partial charge in [-0.1, -0.05) is 54.6 Å². The van der Waals surface area contributed by atoms with E-state index in [0.29, 0.717) is 33.6 Å². The van der Waals surface area contributed by atoms with Gasteiger partial charge in [-0.2, -0.15) is 10.5 Å². The molecule has 0 bridgehead atoms. The SMILES string of the molecule is CC(=O)c1ccccc1NC(=O)C(C#N)=Cc1cn(CC(=O)O)c2ccccc12.N#CC(=Cc1cn(CC(=O)O)c2ccccc12)C(=O)Nc1ccc2c(c1)CCC2. The molecule has 0 atom stereocenters. The lowest BCUT2D eigenvalue weighted by Gasteiger charge is -2.08. The molecule has 4 aromatic carbocycles. The normalized spacial score (nSPS) is 12.1. The van der Waals surface area contributed by atoms with Crippen LogP contribution in [0.25, 0.3) is 34.0 Å². The highest BCUT2D eigenvalue weighted by Crippen LogP contribution is 2.27. The van der Waals surface area contributed by atoms with Crippen LogP contribution in [0.1, 0.15) is 46.0 Å². The first-order chi connectivity index (χ1) is 27.9. The number of hydrogen-bond donors (Lipinski definition) is 4. The van der Waals surface area contributed by atoms with Crippen molar-refractivity contribution >= 4 is 74.9 Å². The minimum absolute atomic E-state index is 0.0382. The Hall–Kier alpha value is -8.03. The molecule has 0 fully saturated rings. The molecule has 0 unspecified atom stereocenters. The Bertz CT molecular complexity index is 2780. The number of carboxylic acids is 2. The summed E-state index contributed by atoms with van der Waals surface area (Å²) in [4.78, 5) is 59.3. The predicted octanol–water partition coefficient (Wildman–Crippen LogP) is 7.23. The highest BCUT2D eigenvalue weighted by Gasteiger charge is 2.18. The third-order valence-corrected chi connectivity index (χ3v) is 9.49. The van der Waals surface area contributed by atoms with E-state index < -0.39 is 23.8 Å². The first-order valence-electron chi connectivity index (χ1n) is 18.1. The lowest BCUT2D eigenvalue weighted by molar-refractivity contribution is -0.138. The molecule has 0 spiro atoms. The van der Waals surface area contributed by atoms with E-state index in [9.17, 15) is 34.5 Å². The molecule has 0 saturated carbocycles. The summed E-state index contributed by atoms with van der Waals surface area (Å²) in [5.74, 6) is -3.31. The molecule has 13 heteroatoms. The van der Waals surface area contributed by atoms with Crippen LogP contribution in [0.3, 0.4) is 0 Å². The highest BCUT2D eigenvalue weighted by atomic mass is 16.4. The Labute approximate surface area is 332 Å². The number of ketones is 1. The fourth-order valence-electron chi connectivity index (χ4n) is 6.88. The van der Waals surface area contributed by atoms with Crippen molar-refractivity contribution in [2.24, 2.45) is 0 Å². The van der Waals surface area contributed by atoms with Crippen LogP contribution >= 0.6 is 0 Å². The van der Waals surface area contributed by atoms with Crippen molar-refractivity contribution in [3.63, 3.8) is 0 Å². The van der Waals surface area contributed by atoms with Crippen LogP contribution in [-0.2, 0) is 45.1 Å². The largest absolute Gasteiger partial charge is 0.480 e. The van der Waals surface area contributed by atoms with Crippen molar-refractivity contribution < 1.29 is 34.2 Å². The van der Waals surface area contributed by atoms with E-state index >= 15 is 0 Å². The molecular weight excluding hydrogens is 737 g/mol. The second-order valence-electron chi connectivity index (χ2n) is 13.4. The van der Waals surface area contributed by atoms with E-state index in [1.165, 1.54) is 30.2 Å². The first-order valence-corrected chi connectivity index (χ1v) is 18.1. The van der Waals surface area contributed by atoms with E-state index in [-0.39, 0.29) is 30.0 Å². The van der Waals surface area contributed by atoms with E-state index in [1.54, 1.807) is 70.1 Å². The Morgan fingerprint density at radius 1 is 0.672 bits per heavy atom. The topological polar surface area (TPSA) is 207 Å². The molecular formula is C45H36N6O7. The van der Waals surface area contributed by atoms with E-state index in [1.807, 2.05) is 54.6 Å². The fourth-order valence-corrected chi connectivity index (χ4v) is 6.88. The van der Waals surface area contributed by atoms with Gasteiger partial charge in [-0.3, -0.25) is 24.0 Å². The van der Waals surface area contributed by atoms with Crippen molar-refractivity contribution in [2.75, 3.05) is 10.6 Å². The second kappa shape index (κ2) is 17.6. The van der Waals surface area contributed by atoms with Gasteiger partial charge in [-0.25, -0.2) is 0 Å². The van der Waals surface area contributed by atoms with E-state index in [0.717, 1.165) is 35.6 Å². The van der Waals surface area contributed by atoms with Crippen LogP contribution in [-0.4, -0.2) is 48.9 Å². The molecule has 0 aliphatic heterocycles. The van der Waals surface area contributed by atoms with Crippen LogP contribution in [0, 0.1) is 22.7 Å². The third-order valence-electron chi connectivity index (χ3n) is 9.49. The number of aromatic nitrogens is 2. The number of carboxylic acid groups (broad SMARTS) is 2. The molecule has 2 amide bonds. The van der Waals surface area contributed by atoms with Gasteiger partial charge in [0.15, 0.2) is 5.78 Å². The molecule has 13 nitrogen and oxygen atoms in total. The van der Waals surface area contributed by atoms with Gasteiger partial charge in [0.2, 0.25) is 0 Å². The van der Waals surface area contributed by atoms with Gasteiger partial charge in [-0.05, 0) is 85.9 Å². The van der Waals surface area contributed by atoms with Gasteiger partial charge >= 0.3 is 11.9 Å². The number of para-hydroxylation sites is 3. The fraction of sp³-hybridized carbons (Fsp3) is 0.133. The predicted molar refractivity (Wildman–Crippen MR) is 219 cm³/mol. The Morgan fingerprint density at radius 2 is 1.17 bits per heavy atom. The zero-order valence-electron chi connectivity index (χ0n) is 31.2. The number of nitriles is 2. The summed E-state index contributed by atoms with van der Waals surface area (Å²) in [5.41, 5.74) is 6.27. The van der Waals surface area contributed by atoms with Crippen molar-refractivity contribution in [1.82, 2.24) is 9.13 Å². The molecule has 7 rings (SSSR count). The Morgan fingerprint density at radius 3 is 1.71 bits per heavy atom. The number of carbonyl (C=O) groups is 5. The van der Waals surface area contributed by atoms with Crippen LogP contribution < -0.4 is 10.6 Å². The van der Waals surface area contributed by atoms with Gasteiger partial charge in [0.1, 0.15) is 36.4 Å². The van der Waals surface area contributed by atoms with E-state index in [4.69, 9.17) is 10.2 Å². The van der Waals surface area contributed by atoms with Crippen molar-refractivity contribution in [3.05, 3.63) is 142 Å². The summed E-state index contributed by atoms with van der Waals surface area (Å²) in [6.45, 7) is 0.954. The van der Waals surface area contributed by atoms with Gasteiger partial charge in [0.05, 0.1) is 5.69 Å². The average molecular weight is 773 g/mol. The number of nitrogens with zero attached hydrogens (tertiary/aromatic N) is 4. The maximum absolute atomic E-state index is 12.7. The number of aryl methyl sites for hydroxylation is 2. The van der Waals surface area contributed by atoms with Gasteiger partial charge in [-0.15, -0.1) is 0 Å². The number of rotatable bonds is 11. The number of carbonyl (C=O) groups excluding carboxylic acids is 3. The molecule has 2 heterocycles. The van der Waals surface area contributed by atoms with E-state index in [2.05, 4.69) is 10.6 Å². The smallest absolute Gasteiger partial charge is 0.323 e. The lowest BCUT2D eigenvalue weighted by Crippen LogP contribution is -2.15. The second-order valence-corrected chi connectivity index (χ2v) is 13.4. The van der Waals surface area contributed by atoms with Crippen LogP contribution in [0.2, 0.25) is 0 Å². The molecule has 4 N–H and O–H groups in total. The van der Waals surface area contributed by atoms with Crippen molar-refractivity contribution in [3.8, 4) is 12.1 Å². The molecule has 1 aliphatic carbocycles. The number of fused-ring (bicyclic) bond motifs is 3. The Kier molecular flexibility index (Phi) is 12.0. The summed E-state index contributed by atoms with van der Waals surface area (Å²) in [7, 11) is 0. The number of anilines is 2. The number of amides is 2. The van der Waals surface area contributed by atoms with Crippen LogP contribution in [0.5, 0.6) is 0 Å². The summed E-state index contributed by atoms with van der Waals surface area (Å²) in [6, 6.07) is 30.7. The van der Waals surface area contributed by atoms with Crippen molar-refractivity contribution in [1.29, 1.82) is 10.5 Å². The number of aliphatic carboxylic acids is 2. The summed E-state index contributed by atoms with van der Waals surface area (Å²) >= 11 is 0. The number of nitrogens with one attached hydrogen (secondary N) is 2. The third kappa shape index (κ3) is 9.08. The summed E-state index contributed by atoms with van der Waals surface area (Å²) < 4.78 is 3.14. The molecule has 6 aromatic rings. The Balaban J connectivity index is 0.000000196. The number of Topliss-reactive ketones (excluding diaryl/α,β-unsaturated/α-hetero) is 1. The lowest BCUT2D eigenvalue weighted by atomic mass is 10.1. The molecule has 288 valence electrons. The minimum atomic E-state index is -1.000. The zero-order valence-corrected chi connectivity index (χ0v) is 31.2. The molecule has 1 aliphatic rings. The summed E-state index contributed by atoms with van der Waals surface area (Å²) in [6.07, 6.45) is 9.34. The van der Waals surface area contributed by atoms with Crippen LogP contribution in [0.4, 0.5) is 11.4 Å². The van der Waals surface area contributed by atoms with Crippen molar-refractivity contribution in [2.45, 2.75) is 39.3 Å². The van der Waals surface area contributed by atoms with Gasteiger partial charge in [0.25, 0.3) is 11.8 Å². The zero-order chi connectivity index (χ0) is 41.3. The minimum Gasteiger partial charge on any atom is -0.480 e. The van der Waals surface area contributed by atoms with Gasteiger partial charge in [0, 0.05) is 56.6 Å². The highest BCUT2D eigenvalue weighted by molar-refractivity contribution is 6.13. The monoisotopic (exact) mass is 772 g/mol. The standard InChI is InChI=1S/C23H19N3O3.C22H17N3O4/c24-12-17(23(29)25-19-9-8-15-4-3-5-16(15)11-19)10-18-13-26(14-22(27)28)21-7-2-1-6-20(18)21;1-14(26)17-6-2-4-8-19(17)24-22(29)15(11-23)10-16-12-25(13-21(27)28)20-9-5-3-7-18(16)20/h1-2,6-11,13H,3-5,14H2,(H,25,29)(H,27,28);2-10,12H,13H2,1H3,(H,24,29)(H,27,28). The summed E-state index contributed by atoms with van der Waals surface area (Å²) in [5, 5.41) is 44.2. The number of benzene rings is 4. The first kappa shape index (κ1) is 39.7. The maximum atomic E-state index is 12.7. The van der Waals surface area contributed by atoms with Gasteiger partial charge < -0.3 is 30.0 Å².